The second-order valence-electron chi connectivity index (χ2n) is 7.45. The van der Waals surface area contributed by atoms with Crippen LogP contribution in [0.25, 0.3) is 0 Å². The standard InChI is InChI=1S/C21H25N3O3/c1-2-27-21(26)16-9-15-11-18(15)24(12-16)13-20-22-8-7-17(23-20)10-14-5-3-4-6-19(14)25/h3-8,15-16,18,25H,2,9-13H2,1H3/t15-,16?,18?/m1/s1. The Balaban J connectivity index is 1.44. The third kappa shape index (κ3) is 4.11. The molecule has 1 aromatic heterocycles. The van der Waals surface area contributed by atoms with E-state index >= 15 is 0 Å². The van der Waals surface area contributed by atoms with Gasteiger partial charge in [-0.2, -0.15) is 0 Å². The van der Waals surface area contributed by atoms with Crippen molar-refractivity contribution in [3.63, 3.8) is 0 Å². The van der Waals surface area contributed by atoms with Crippen molar-refractivity contribution >= 4 is 5.97 Å². The quantitative estimate of drug-likeness (QED) is 0.791. The van der Waals surface area contributed by atoms with Gasteiger partial charge in [-0.25, -0.2) is 9.97 Å². The van der Waals surface area contributed by atoms with Crippen LogP contribution in [-0.2, 0) is 22.5 Å². The summed E-state index contributed by atoms with van der Waals surface area (Å²) >= 11 is 0. The van der Waals surface area contributed by atoms with Gasteiger partial charge in [-0.3, -0.25) is 9.69 Å². The number of aromatic nitrogens is 2. The number of para-hydroxylation sites is 1. The van der Waals surface area contributed by atoms with E-state index in [9.17, 15) is 9.90 Å². The minimum absolute atomic E-state index is 0.0434. The molecule has 0 bridgehead atoms. The molecule has 0 radical (unpaired) electrons. The lowest BCUT2D eigenvalue weighted by atomic mass is 9.97. The number of phenolic OH excluding ortho intramolecular Hbond substituents is 1. The number of fused-ring (bicyclic) bond motifs is 1. The molecular weight excluding hydrogens is 342 g/mol. The van der Waals surface area contributed by atoms with Crippen molar-refractivity contribution in [3.8, 4) is 5.75 Å². The topological polar surface area (TPSA) is 75.5 Å². The average molecular weight is 367 g/mol. The SMILES string of the molecule is CCOC(=O)C1C[C@@H]2CC2N(Cc2nccc(Cc3ccccc3O)n2)C1. The summed E-state index contributed by atoms with van der Waals surface area (Å²) in [5.74, 6) is 1.52. The largest absolute Gasteiger partial charge is 0.508 e. The van der Waals surface area contributed by atoms with E-state index in [0.717, 1.165) is 29.9 Å². The summed E-state index contributed by atoms with van der Waals surface area (Å²) in [7, 11) is 0. The van der Waals surface area contributed by atoms with Gasteiger partial charge in [-0.1, -0.05) is 18.2 Å². The number of benzene rings is 1. The number of hydrogen-bond donors (Lipinski definition) is 1. The number of likely N-dealkylation sites (tertiary alicyclic amines) is 1. The summed E-state index contributed by atoms with van der Waals surface area (Å²) in [5.41, 5.74) is 1.73. The highest BCUT2D eigenvalue weighted by Gasteiger charge is 2.49. The fourth-order valence-corrected chi connectivity index (χ4v) is 4.06. The highest BCUT2D eigenvalue weighted by molar-refractivity contribution is 5.73. The number of rotatable bonds is 6. The summed E-state index contributed by atoms with van der Waals surface area (Å²) < 4.78 is 5.22. The van der Waals surface area contributed by atoms with Crippen molar-refractivity contribution in [3.05, 3.63) is 53.6 Å². The minimum atomic E-state index is -0.0814. The lowest BCUT2D eigenvalue weighted by Gasteiger charge is -2.30. The van der Waals surface area contributed by atoms with Crippen molar-refractivity contribution in [2.24, 2.45) is 11.8 Å². The molecule has 6 nitrogen and oxygen atoms in total. The zero-order valence-corrected chi connectivity index (χ0v) is 15.5. The molecule has 27 heavy (non-hydrogen) atoms. The molecule has 1 aliphatic heterocycles. The van der Waals surface area contributed by atoms with Gasteiger partial charge in [0.1, 0.15) is 11.6 Å². The van der Waals surface area contributed by atoms with E-state index in [0.29, 0.717) is 38.1 Å². The van der Waals surface area contributed by atoms with E-state index in [1.54, 1.807) is 12.3 Å². The first kappa shape index (κ1) is 17.9. The van der Waals surface area contributed by atoms with Gasteiger partial charge in [0.05, 0.1) is 19.1 Å². The zero-order valence-electron chi connectivity index (χ0n) is 15.5. The van der Waals surface area contributed by atoms with Crippen LogP contribution in [0.1, 0.15) is 36.8 Å². The minimum Gasteiger partial charge on any atom is -0.508 e. The van der Waals surface area contributed by atoms with Crippen LogP contribution in [0.3, 0.4) is 0 Å². The van der Waals surface area contributed by atoms with E-state index in [2.05, 4.69) is 14.9 Å². The number of ether oxygens (including phenoxy) is 1. The molecule has 2 heterocycles. The van der Waals surface area contributed by atoms with Gasteiger partial charge in [0.15, 0.2) is 0 Å². The molecule has 1 saturated heterocycles. The van der Waals surface area contributed by atoms with Crippen LogP contribution in [-0.4, -0.2) is 45.1 Å². The van der Waals surface area contributed by atoms with Crippen LogP contribution in [0.4, 0.5) is 0 Å². The Morgan fingerprint density at radius 2 is 2.15 bits per heavy atom. The summed E-state index contributed by atoms with van der Waals surface area (Å²) in [5, 5.41) is 9.97. The van der Waals surface area contributed by atoms with Gasteiger partial charge in [-0.15, -0.1) is 0 Å². The number of esters is 1. The van der Waals surface area contributed by atoms with Gasteiger partial charge in [0.25, 0.3) is 0 Å². The Hall–Kier alpha value is -2.47. The van der Waals surface area contributed by atoms with Crippen molar-refractivity contribution in [2.75, 3.05) is 13.2 Å². The molecule has 0 amide bonds. The highest BCUT2D eigenvalue weighted by atomic mass is 16.5. The maximum atomic E-state index is 12.1. The van der Waals surface area contributed by atoms with Crippen LogP contribution in [0, 0.1) is 11.8 Å². The van der Waals surface area contributed by atoms with Gasteiger partial charge in [0, 0.05) is 30.9 Å². The number of carbonyl (C=O) groups is 1. The summed E-state index contributed by atoms with van der Waals surface area (Å²) in [6.07, 6.45) is 4.43. The Labute approximate surface area is 159 Å². The van der Waals surface area contributed by atoms with Crippen LogP contribution in [0.5, 0.6) is 5.75 Å². The molecule has 2 unspecified atom stereocenters. The third-order valence-corrected chi connectivity index (χ3v) is 5.49. The second kappa shape index (κ2) is 7.64. The molecule has 1 aromatic carbocycles. The predicted molar refractivity (Wildman–Crippen MR) is 100.0 cm³/mol. The first-order chi connectivity index (χ1) is 13.1. The van der Waals surface area contributed by atoms with E-state index < -0.39 is 0 Å². The van der Waals surface area contributed by atoms with Crippen LogP contribution < -0.4 is 0 Å². The molecule has 2 aliphatic rings. The molecule has 2 fully saturated rings. The third-order valence-electron chi connectivity index (χ3n) is 5.49. The first-order valence-corrected chi connectivity index (χ1v) is 9.62. The lowest BCUT2D eigenvalue weighted by molar-refractivity contribution is -0.150. The van der Waals surface area contributed by atoms with Crippen LogP contribution in [0.2, 0.25) is 0 Å². The number of hydrogen-bond acceptors (Lipinski definition) is 6. The van der Waals surface area contributed by atoms with Crippen molar-refractivity contribution in [1.82, 2.24) is 14.9 Å². The number of nitrogens with zero attached hydrogens (tertiary/aromatic N) is 3. The monoisotopic (exact) mass is 367 g/mol. The van der Waals surface area contributed by atoms with Crippen molar-refractivity contribution < 1.29 is 14.6 Å². The van der Waals surface area contributed by atoms with Crippen LogP contribution >= 0.6 is 0 Å². The van der Waals surface area contributed by atoms with E-state index in [1.165, 1.54) is 0 Å². The van der Waals surface area contributed by atoms with Gasteiger partial charge < -0.3 is 9.84 Å². The number of aromatic hydroxyl groups is 1. The van der Waals surface area contributed by atoms with Crippen molar-refractivity contribution in [1.29, 1.82) is 0 Å². The van der Waals surface area contributed by atoms with Gasteiger partial charge in [0.2, 0.25) is 0 Å². The first-order valence-electron chi connectivity index (χ1n) is 9.62. The van der Waals surface area contributed by atoms with Gasteiger partial charge >= 0.3 is 5.97 Å². The molecule has 4 rings (SSSR count). The summed E-state index contributed by atoms with van der Waals surface area (Å²) in [6.45, 7) is 3.64. The van der Waals surface area contributed by atoms with E-state index in [-0.39, 0.29) is 17.6 Å². The van der Waals surface area contributed by atoms with Crippen LogP contribution in [0.15, 0.2) is 36.5 Å². The fraction of sp³-hybridized carbons (Fsp3) is 0.476. The van der Waals surface area contributed by atoms with E-state index in [4.69, 9.17) is 4.74 Å². The molecule has 1 saturated carbocycles. The predicted octanol–water partition coefficient (Wildman–Crippen LogP) is 2.55. The lowest BCUT2D eigenvalue weighted by Crippen LogP contribution is -2.40. The van der Waals surface area contributed by atoms with Gasteiger partial charge in [-0.05, 0) is 43.4 Å². The maximum absolute atomic E-state index is 12.1. The summed E-state index contributed by atoms with van der Waals surface area (Å²) in [4.78, 5) is 23.6. The Morgan fingerprint density at radius 3 is 2.96 bits per heavy atom. The number of carbonyl (C=O) groups excluding carboxylic acids is 1. The highest BCUT2D eigenvalue weighted by Crippen LogP contribution is 2.45. The smallest absolute Gasteiger partial charge is 0.310 e. The normalized spacial score (nSPS) is 24.3. The average Bonchev–Trinajstić information content (AvgIpc) is 3.44. The number of piperidine rings is 1. The zero-order chi connectivity index (χ0) is 18.8. The van der Waals surface area contributed by atoms with Crippen molar-refractivity contribution in [2.45, 2.75) is 38.8 Å². The number of phenols is 1. The van der Waals surface area contributed by atoms with E-state index in [1.807, 2.05) is 31.2 Å². The molecule has 0 spiro atoms. The Bertz CT molecular complexity index is 826. The molecule has 6 heteroatoms. The molecule has 3 atom stereocenters. The molecule has 142 valence electrons. The second-order valence-corrected chi connectivity index (χ2v) is 7.45. The Kier molecular flexibility index (Phi) is 5.07. The molecule has 1 aliphatic carbocycles. The molecule has 2 aromatic rings. The fourth-order valence-electron chi connectivity index (χ4n) is 4.06. The Morgan fingerprint density at radius 1 is 1.30 bits per heavy atom. The molecule has 1 N–H and O–H groups in total. The summed E-state index contributed by atoms with van der Waals surface area (Å²) in [6, 6.07) is 9.74. The maximum Gasteiger partial charge on any atom is 0.310 e. The molecular formula is C21H25N3O3.